The number of carbonyl (C=O) groups excluding carboxylic acids is 1. The van der Waals surface area contributed by atoms with Gasteiger partial charge in [0.2, 0.25) is 5.91 Å². The molecule has 0 aliphatic heterocycles. The van der Waals surface area contributed by atoms with Gasteiger partial charge < -0.3 is 14.4 Å². The van der Waals surface area contributed by atoms with Crippen LogP contribution < -0.4 is 5.32 Å². The molecule has 6 heteroatoms. The Morgan fingerprint density at radius 3 is 2.25 bits per heavy atom. The highest BCUT2D eigenvalue weighted by atomic mass is 31.2. The highest BCUT2D eigenvalue weighted by Gasteiger charge is 2.28. The number of rotatable bonds is 8. The van der Waals surface area contributed by atoms with E-state index in [1.165, 1.54) is 0 Å². The van der Waals surface area contributed by atoms with E-state index in [0.717, 1.165) is 5.56 Å². The first kappa shape index (κ1) is 16.9. The van der Waals surface area contributed by atoms with Gasteiger partial charge in [0.1, 0.15) is 6.16 Å². The van der Waals surface area contributed by atoms with Crippen molar-refractivity contribution >= 4 is 13.5 Å². The monoisotopic (exact) mass is 299 g/mol. The van der Waals surface area contributed by atoms with E-state index in [-0.39, 0.29) is 31.3 Å². The summed E-state index contributed by atoms with van der Waals surface area (Å²) < 4.78 is 22.4. The van der Waals surface area contributed by atoms with Gasteiger partial charge >= 0.3 is 7.60 Å². The first-order valence-electron chi connectivity index (χ1n) is 6.73. The van der Waals surface area contributed by atoms with Crippen molar-refractivity contribution in [1.29, 1.82) is 0 Å². The molecule has 0 saturated heterocycles. The molecule has 1 N–H and O–H groups in total. The van der Waals surface area contributed by atoms with E-state index in [1.807, 2.05) is 37.3 Å². The van der Waals surface area contributed by atoms with Crippen LogP contribution >= 0.6 is 7.60 Å². The highest BCUT2D eigenvalue weighted by Crippen LogP contribution is 2.47. The zero-order chi connectivity index (χ0) is 15.0. The molecule has 0 radical (unpaired) electrons. The van der Waals surface area contributed by atoms with Gasteiger partial charge in [0.25, 0.3) is 0 Å². The second kappa shape index (κ2) is 8.20. The van der Waals surface area contributed by atoms with Gasteiger partial charge in [-0.05, 0) is 26.3 Å². The smallest absolute Gasteiger partial charge is 0.340 e. The Balaban J connectivity index is 2.60. The van der Waals surface area contributed by atoms with E-state index < -0.39 is 7.60 Å². The minimum absolute atomic E-state index is 0.152. The fourth-order valence-electron chi connectivity index (χ4n) is 1.81. The standard InChI is InChI=1S/C14H22NO4P/c1-4-18-20(17,19-5-2)11-14(16)15-12(3)13-9-7-6-8-10-13/h6-10,12H,4-5,11H2,1-3H3,(H,15,16)/t12-/m1/s1. The van der Waals surface area contributed by atoms with Crippen molar-refractivity contribution in [2.45, 2.75) is 26.8 Å². The van der Waals surface area contributed by atoms with Gasteiger partial charge in [-0.3, -0.25) is 9.36 Å². The van der Waals surface area contributed by atoms with Gasteiger partial charge in [0.15, 0.2) is 0 Å². The van der Waals surface area contributed by atoms with Crippen LogP contribution in [0.4, 0.5) is 0 Å². The van der Waals surface area contributed by atoms with Crippen molar-refractivity contribution in [3.8, 4) is 0 Å². The van der Waals surface area contributed by atoms with Crippen molar-refractivity contribution in [2.24, 2.45) is 0 Å². The van der Waals surface area contributed by atoms with Crippen LogP contribution in [0.5, 0.6) is 0 Å². The highest BCUT2D eigenvalue weighted by molar-refractivity contribution is 7.54. The third-order valence-electron chi connectivity index (χ3n) is 2.67. The number of nitrogens with one attached hydrogen (secondary N) is 1. The van der Waals surface area contributed by atoms with Crippen LogP contribution in [-0.4, -0.2) is 25.3 Å². The van der Waals surface area contributed by atoms with Crippen LogP contribution in [-0.2, 0) is 18.4 Å². The van der Waals surface area contributed by atoms with Crippen LogP contribution in [0.25, 0.3) is 0 Å². The quantitative estimate of drug-likeness (QED) is 0.749. The molecule has 112 valence electrons. The zero-order valence-electron chi connectivity index (χ0n) is 12.2. The fourth-order valence-corrected chi connectivity index (χ4v) is 3.30. The Morgan fingerprint density at radius 1 is 1.20 bits per heavy atom. The second-order valence-electron chi connectivity index (χ2n) is 4.30. The molecule has 0 saturated carbocycles. The van der Waals surface area contributed by atoms with E-state index in [1.54, 1.807) is 13.8 Å². The summed E-state index contributed by atoms with van der Waals surface area (Å²) in [5.41, 5.74) is 0.989. The van der Waals surface area contributed by atoms with Crippen LogP contribution in [0.3, 0.4) is 0 Å². The molecule has 0 fully saturated rings. The van der Waals surface area contributed by atoms with Gasteiger partial charge in [0, 0.05) is 0 Å². The zero-order valence-corrected chi connectivity index (χ0v) is 13.1. The molecule has 1 aromatic carbocycles. The summed E-state index contributed by atoms with van der Waals surface area (Å²) >= 11 is 0. The third kappa shape index (κ3) is 5.45. The third-order valence-corrected chi connectivity index (χ3v) is 4.64. The van der Waals surface area contributed by atoms with Gasteiger partial charge in [0.05, 0.1) is 19.3 Å². The first-order chi connectivity index (χ1) is 9.50. The maximum atomic E-state index is 12.2. The topological polar surface area (TPSA) is 64.6 Å². The Kier molecular flexibility index (Phi) is 6.93. The van der Waals surface area contributed by atoms with E-state index in [4.69, 9.17) is 9.05 Å². The average molecular weight is 299 g/mol. The summed E-state index contributed by atoms with van der Waals surface area (Å²) in [6, 6.07) is 9.43. The molecule has 1 rings (SSSR count). The Hall–Kier alpha value is -1.16. The van der Waals surface area contributed by atoms with Gasteiger partial charge in [-0.2, -0.15) is 0 Å². The van der Waals surface area contributed by atoms with Crippen molar-refractivity contribution < 1.29 is 18.4 Å². The van der Waals surface area contributed by atoms with Crippen LogP contribution in [0.2, 0.25) is 0 Å². The summed E-state index contributed by atoms with van der Waals surface area (Å²) in [7, 11) is -3.34. The molecule has 0 spiro atoms. The summed E-state index contributed by atoms with van der Waals surface area (Å²) in [6.45, 7) is 5.81. The SMILES string of the molecule is CCOP(=O)(CC(=O)N[C@H](C)c1ccccc1)OCC. The number of benzene rings is 1. The first-order valence-corrected chi connectivity index (χ1v) is 8.46. The summed E-state index contributed by atoms with van der Waals surface area (Å²) in [4.78, 5) is 11.9. The summed E-state index contributed by atoms with van der Waals surface area (Å²) in [6.07, 6.45) is -0.258. The van der Waals surface area contributed by atoms with Crippen molar-refractivity contribution in [1.82, 2.24) is 5.32 Å². The lowest BCUT2D eigenvalue weighted by Gasteiger charge is -2.19. The molecular weight excluding hydrogens is 277 g/mol. The fraction of sp³-hybridized carbons (Fsp3) is 0.500. The molecule has 5 nitrogen and oxygen atoms in total. The molecule has 20 heavy (non-hydrogen) atoms. The van der Waals surface area contributed by atoms with Crippen LogP contribution in [0.15, 0.2) is 30.3 Å². The number of amides is 1. The van der Waals surface area contributed by atoms with Gasteiger partial charge in [-0.25, -0.2) is 0 Å². The van der Waals surface area contributed by atoms with Crippen LogP contribution in [0, 0.1) is 0 Å². The molecule has 1 amide bonds. The Morgan fingerprint density at radius 2 is 1.75 bits per heavy atom. The molecule has 1 aromatic rings. The number of hydrogen-bond donors (Lipinski definition) is 1. The van der Waals surface area contributed by atoms with E-state index in [2.05, 4.69) is 5.32 Å². The van der Waals surface area contributed by atoms with E-state index >= 15 is 0 Å². The maximum Gasteiger partial charge on any atom is 0.340 e. The maximum absolute atomic E-state index is 12.2. The molecule has 0 aliphatic carbocycles. The van der Waals surface area contributed by atoms with Crippen LogP contribution in [0.1, 0.15) is 32.4 Å². The number of hydrogen-bond acceptors (Lipinski definition) is 4. The lowest BCUT2D eigenvalue weighted by molar-refractivity contribution is -0.119. The molecule has 0 aliphatic rings. The van der Waals surface area contributed by atoms with Crippen molar-refractivity contribution in [3.05, 3.63) is 35.9 Å². The average Bonchev–Trinajstić information content (AvgIpc) is 2.39. The van der Waals surface area contributed by atoms with E-state index in [0.29, 0.717) is 0 Å². The van der Waals surface area contributed by atoms with Crippen molar-refractivity contribution in [3.63, 3.8) is 0 Å². The van der Waals surface area contributed by atoms with Crippen molar-refractivity contribution in [2.75, 3.05) is 19.4 Å². The lowest BCUT2D eigenvalue weighted by atomic mass is 10.1. The molecule has 0 aromatic heterocycles. The minimum atomic E-state index is -3.34. The van der Waals surface area contributed by atoms with Gasteiger partial charge in [-0.15, -0.1) is 0 Å². The summed E-state index contributed by atoms with van der Waals surface area (Å²) in [5.74, 6) is -0.341. The second-order valence-corrected chi connectivity index (χ2v) is 6.36. The molecular formula is C14H22NO4P. The lowest BCUT2D eigenvalue weighted by Crippen LogP contribution is -2.29. The number of carbonyl (C=O) groups is 1. The predicted octanol–water partition coefficient (Wildman–Crippen LogP) is 3.13. The molecule has 0 unspecified atom stereocenters. The largest absolute Gasteiger partial charge is 0.349 e. The van der Waals surface area contributed by atoms with Gasteiger partial charge in [-0.1, -0.05) is 30.3 Å². The molecule has 0 heterocycles. The Bertz CT molecular complexity index is 454. The van der Waals surface area contributed by atoms with E-state index in [9.17, 15) is 9.36 Å². The Labute approximate surface area is 120 Å². The normalized spacial score (nSPS) is 12.9. The molecule has 0 bridgehead atoms. The minimum Gasteiger partial charge on any atom is -0.349 e. The molecule has 1 atom stereocenters. The summed E-state index contributed by atoms with van der Waals surface area (Å²) in [5, 5.41) is 2.80. The predicted molar refractivity (Wildman–Crippen MR) is 78.7 cm³/mol.